The van der Waals surface area contributed by atoms with Crippen LogP contribution in [-0.2, 0) is 4.74 Å². The van der Waals surface area contributed by atoms with Gasteiger partial charge in [0.2, 0.25) is 0 Å². The Morgan fingerprint density at radius 3 is 2.76 bits per heavy atom. The number of rotatable bonds is 4. The maximum absolute atomic E-state index is 5.78. The summed E-state index contributed by atoms with van der Waals surface area (Å²) in [5.74, 6) is 0.989. The van der Waals surface area contributed by atoms with Crippen molar-refractivity contribution in [1.82, 2.24) is 0 Å². The largest absolute Gasteiger partial charge is 0.494 e. The minimum atomic E-state index is 0.759. The molecule has 0 saturated heterocycles. The smallest absolute Gasteiger partial charge is 0.109 e. The lowest BCUT2D eigenvalue weighted by Gasteiger charge is -2.13. The molecule has 0 N–H and O–H groups in total. The van der Waals surface area contributed by atoms with Gasteiger partial charge in [-0.05, 0) is 49.8 Å². The van der Waals surface area contributed by atoms with E-state index in [0.717, 1.165) is 12.4 Å². The third-order valence-corrected chi connectivity index (χ3v) is 3.04. The Bertz CT molecular complexity index is 401. The Kier molecular flexibility index (Phi) is 4.43. The summed E-state index contributed by atoms with van der Waals surface area (Å²) in [5.41, 5.74) is 2.65. The Labute approximate surface area is 104 Å². The van der Waals surface area contributed by atoms with Gasteiger partial charge in [-0.3, -0.25) is 0 Å². The lowest BCUT2D eigenvalue weighted by atomic mass is 10.0. The second-order valence-corrected chi connectivity index (χ2v) is 4.56. The fraction of sp³-hybridized carbons (Fsp3) is 0.375. The number of allylic oxidation sites excluding steroid dienone is 2. The lowest BCUT2D eigenvalue weighted by molar-refractivity contribution is 0.240. The molecule has 90 valence electrons. The zero-order valence-corrected chi connectivity index (χ0v) is 10.5. The van der Waals surface area contributed by atoms with E-state index in [-0.39, 0.29) is 0 Å². The van der Waals surface area contributed by atoms with Crippen molar-refractivity contribution in [3.8, 4) is 0 Å². The quantitative estimate of drug-likeness (QED) is 0.542. The van der Waals surface area contributed by atoms with Crippen LogP contribution in [0.1, 0.15) is 38.2 Å². The van der Waals surface area contributed by atoms with E-state index in [1.54, 1.807) is 0 Å². The van der Waals surface area contributed by atoms with Crippen LogP contribution >= 0.6 is 0 Å². The van der Waals surface area contributed by atoms with Crippen LogP contribution in [0.3, 0.4) is 0 Å². The highest BCUT2D eigenvalue weighted by Gasteiger charge is 2.03. The van der Waals surface area contributed by atoms with Gasteiger partial charge in [0.1, 0.15) is 6.61 Å². The summed E-state index contributed by atoms with van der Waals surface area (Å²) in [6, 6.07) is 10.3. The number of ether oxygens (including phenoxy) is 1. The lowest BCUT2D eigenvalue weighted by Crippen LogP contribution is -2.00. The van der Waals surface area contributed by atoms with E-state index in [1.807, 2.05) is 25.1 Å². The predicted octanol–water partition coefficient (Wildman–Crippen LogP) is 4.56. The minimum Gasteiger partial charge on any atom is -0.494 e. The summed E-state index contributed by atoms with van der Waals surface area (Å²) in [5, 5.41) is 0. The van der Waals surface area contributed by atoms with Gasteiger partial charge >= 0.3 is 0 Å². The van der Waals surface area contributed by atoms with Gasteiger partial charge in [0.25, 0.3) is 0 Å². The van der Waals surface area contributed by atoms with Crippen LogP contribution in [0.2, 0.25) is 0 Å². The second-order valence-electron chi connectivity index (χ2n) is 4.56. The summed E-state index contributed by atoms with van der Waals surface area (Å²) in [6.45, 7) is 2.78. The molecule has 0 aromatic heterocycles. The molecule has 1 aliphatic carbocycles. The molecule has 0 heterocycles. The molecular formula is C16H20O. The summed E-state index contributed by atoms with van der Waals surface area (Å²) in [4.78, 5) is 0. The van der Waals surface area contributed by atoms with E-state index in [0.29, 0.717) is 0 Å². The zero-order valence-electron chi connectivity index (χ0n) is 10.5. The third kappa shape index (κ3) is 4.10. The molecule has 2 rings (SSSR count). The molecule has 0 atom stereocenters. The molecule has 0 amide bonds. The molecular weight excluding hydrogens is 208 g/mol. The first-order valence-electron chi connectivity index (χ1n) is 6.38. The predicted molar refractivity (Wildman–Crippen MR) is 72.6 cm³/mol. The van der Waals surface area contributed by atoms with Crippen LogP contribution in [0.25, 0.3) is 6.08 Å². The van der Waals surface area contributed by atoms with E-state index < -0.39 is 0 Å². The van der Waals surface area contributed by atoms with Crippen LogP contribution in [0, 0.1) is 0 Å². The number of benzene rings is 1. The van der Waals surface area contributed by atoms with E-state index in [1.165, 1.54) is 36.8 Å². The maximum Gasteiger partial charge on any atom is 0.109 e. The zero-order chi connectivity index (χ0) is 11.9. The van der Waals surface area contributed by atoms with Crippen molar-refractivity contribution in [1.29, 1.82) is 0 Å². The summed E-state index contributed by atoms with van der Waals surface area (Å²) >= 11 is 0. The molecule has 1 aliphatic rings. The Hall–Kier alpha value is -1.50. The normalized spacial score (nSPS) is 16.5. The molecule has 1 heteroatoms. The molecule has 0 fully saturated rings. The average molecular weight is 228 g/mol. The van der Waals surface area contributed by atoms with E-state index in [9.17, 15) is 0 Å². The first kappa shape index (κ1) is 12.0. The SMILES string of the molecule is C/C(=C\c1ccccc1)OCC1=CCCCC1. The highest BCUT2D eigenvalue weighted by atomic mass is 16.5. The van der Waals surface area contributed by atoms with E-state index in [4.69, 9.17) is 4.74 Å². The van der Waals surface area contributed by atoms with E-state index >= 15 is 0 Å². The van der Waals surface area contributed by atoms with Crippen LogP contribution in [0.5, 0.6) is 0 Å². The van der Waals surface area contributed by atoms with Crippen LogP contribution in [-0.4, -0.2) is 6.61 Å². The Morgan fingerprint density at radius 2 is 2.06 bits per heavy atom. The average Bonchev–Trinajstić information content (AvgIpc) is 2.39. The molecule has 0 saturated carbocycles. The fourth-order valence-corrected chi connectivity index (χ4v) is 2.07. The molecule has 17 heavy (non-hydrogen) atoms. The maximum atomic E-state index is 5.78. The highest BCUT2D eigenvalue weighted by molar-refractivity contribution is 5.50. The first-order valence-corrected chi connectivity index (χ1v) is 6.38. The fourth-order valence-electron chi connectivity index (χ4n) is 2.07. The van der Waals surface area contributed by atoms with Crippen LogP contribution in [0.4, 0.5) is 0 Å². The molecule has 0 bridgehead atoms. The van der Waals surface area contributed by atoms with Gasteiger partial charge in [-0.15, -0.1) is 0 Å². The standard InChI is InChI=1S/C16H20O/c1-14(12-15-8-4-2-5-9-15)17-13-16-10-6-3-7-11-16/h2,4-5,8-10,12H,3,6-7,11,13H2,1H3/b14-12+. The minimum absolute atomic E-state index is 0.759. The highest BCUT2D eigenvalue weighted by Crippen LogP contribution is 2.18. The number of hydrogen-bond acceptors (Lipinski definition) is 1. The Morgan fingerprint density at radius 1 is 1.24 bits per heavy atom. The van der Waals surface area contributed by atoms with Crippen molar-refractivity contribution in [2.75, 3.05) is 6.61 Å². The van der Waals surface area contributed by atoms with Gasteiger partial charge < -0.3 is 4.74 Å². The van der Waals surface area contributed by atoms with Gasteiger partial charge in [0.15, 0.2) is 0 Å². The van der Waals surface area contributed by atoms with Gasteiger partial charge in [0, 0.05) is 0 Å². The van der Waals surface area contributed by atoms with Crippen molar-refractivity contribution in [2.45, 2.75) is 32.6 Å². The molecule has 0 spiro atoms. The molecule has 1 nitrogen and oxygen atoms in total. The number of hydrogen-bond donors (Lipinski definition) is 0. The van der Waals surface area contributed by atoms with Gasteiger partial charge in [-0.2, -0.15) is 0 Å². The summed E-state index contributed by atoms with van der Waals surface area (Å²) in [7, 11) is 0. The van der Waals surface area contributed by atoms with Crippen molar-refractivity contribution < 1.29 is 4.74 Å². The molecule has 1 aromatic carbocycles. The van der Waals surface area contributed by atoms with E-state index in [2.05, 4.69) is 24.3 Å². The molecule has 0 unspecified atom stereocenters. The molecule has 0 aliphatic heterocycles. The van der Waals surface area contributed by atoms with Crippen LogP contribution in [0.15, 0.2) is 47.7 Å². The van der Waals surface area contributed by atoms with Crippen LogP contribution < -0.4 is 0 Å². The summed E-state index contributed by atoms with van der Waals surface area (Å²) < 4.78 is 5.78. The molecule has 1 aromatic rings. The molecule has 0 radical (unpaired) electrons. The third-order valence-electron chi connectivity index (χ3n) is 3.04. The van der Waals surface area contributed by atoms with Crippen molar-refractivity contribution in [3.63, 3.8) is 0 Å². The second kappa shape index (κ2) is 6.29. The van der Waals surface area contributed by atoms with Gasteiger partial charge in [0.05, 0.1) is 5.76 Å². The summed E-state index contributed by atoms with van der Waals surface area (Å²) in [6.07, 6.45) is 9.50. The van der Waals surface area contributed by atoms with Crippen molar-refractivity contribution >= 4 is 6.08 Å². The topological polar surface area (TPSA) is 9.23 Å². The van der Waals surface area contributed by atoms with Crippen molar-refractivity contribution in [3.05, 3.63) is 53.3 Å². The van der Waals surface area contributed by atoms with Gasteiger partial charge in [-0.25, -0.2) is 0 Å². The Balaban J connectivity index is 1.86. The monoisotopic (exact) mass is 228 g/mol. The first-order chi connectivity index (χ1) is 8.34. The van der Waals surface area contributed by atoms with Crippen molar-refractivity contribution in [2.24, 2.45) is 0 Å². The van der Waals surface area contributed by atoms with Gasteiger partial charge in [-0.1, -0.05) is 36.4 Å².